The minimum absolute atomic E-state index is 0.235. The third-order valence-electron chi connectivity index (χ3n) is 3.82. The zero-order chi connectivity index (χ0) is 13.6. The summed E-state index contributed by atoms with van der Waals surface area (Å²) in [6.07, 6.45) is 7.53. The van der Waals surface area contributed by atoms with E-state index in [1.807, 2.05) is 6.08 Å². The maximum atomic E-state index is 4.36. The van der Waals surface area contributed by atoms with Crippen molar-refractivity contribution in [1.29, 1.82) is 0 Å². The SMILES string of the molecule is C=C/C=N\c1ccc(C(C)(CC)CC)cc1C=C. The van der Waals surface area contributed by atoms with Crippen molar-refractivity contribution >= 4 is 18.0 Å². The van der Waals surface area contributed by atoms with Crippen LogP contribution in [-0.4, -0.2) is 6.21 Å². The fourth-order valence-corrected chi connectivity index (χ4v) is 2.00. The number of hydrogen-bond acceptors (Lipinski definition) is 1. The highest BCUT2D eigenvalue weighted by atomic mass is 14.7. The van der Waals surface area contributed by atoms with Gasteiger partial charge in [-0.2, -0.15) is 0 Å². The van der Waals surface area contributed by atoms with Crippen LogP contribution in [0.25, 0.3) is 6.08 Å². The van der Waals surface area contributed by atoms with Gasteiger partial charge in [0.25, 0.3) is 0 Å². The lowest BCUT2D eigenvalue weighted by Gasteiger charge is -2.28. The second-order valence-corrected chi connectivity index (χ2v) is 4.76. The van der Waals surface area contributed by atoms with Crippen LogP contribution in [0.5, 0.6) is 0 Å². The quantitative estimate of drug-likeness (QED) is 0.600. The van der Waals surface area contributed by atoms with Crippen molar-refractivity contribution in [1.82, 2.24) is 0 Å². The number of allylic oxidation sites excluding steroid dienone is 1. The second-order valence-electron chi connectivity index (χ2n) is 4.76. The van der Waals surface area contributed by atoms with Crippen LogP contribution in [0.15, 0.2) is 42.4 Å². The van der Waals surface area contributed by atoms with Gasteiger partial charge in [0.05, 0.1) is 5.69 Å². The van der Waals surface area contributed by atoms with E-state index in [-0.39, 0.29) is 5.41 Å². The first-order valence-corrected chi connectivity index (χ1v) is 6.53. The van der Waals surface area contributed by atoms with Gasteiger partial charge in [0, 0.05) is 6.21 Å². The molecule has 1 nitrogen and oxygen atoms in total. The minimum atomic E-state index is 0.235. The van der Waals surface area contributed by atoms with E-state index >= 15 is 0 Å². The Balaban J connectivity index is 3.24. The van der Waals surface area contributed by atoms with E-state index in [0.717, 1.165) is 24.1 Å². The summed E-state index contributed by atoms with van der Waals surface area (Å²) in [5, 5.41) is 0. The van der Waals surface area contributed by atoms with Crippen molar-refractivity contribution in [3.63, 3.8) is 0 Å². The maximum Gasteiger partial charge on any atom is 0.0701 e. The van der Waals surface area contributed by atoms with Crippen molar-refractivity contribution in [2.45, 2.75) is 39.0 Å². The fraction of sp³-hybridized carbons (Fsp3) is 0.353. The van der Waals surface area contributed by atoms with Gasteiger partial charge in [-0.15, -0.1) is 0 Å². The summed E-state index contributed by atoms with van der Waals surface area (Å²) in [5.41, 5.74) is 3.63. The first-order chi connectivity index (χ1) is 8.61. The average molecular weight is 241 g/mol. The molecular formula is C17H23N. The molecule has 1 rings (SSSR count). The second kappa shape index (κ2) is 6.34. The molecule has 0 amide bonds. The van der Waals surface area contributed by atoms with Crippen LogP contribution in [0.1, 0.15) is 44.7 Å². The Morgan fingerprint density at radius 3 is 2.39 bits per heavy atom. The summed E-state index contributed by atoms with van der Waals surface area (Å²) in [7, 11) is 0. The molecule has 1 heteroatoms. The standard InChI is InChI=1S/C17H23N/c1-6-12-18-16-11-10-15(13-14(16)7-2)17(5,8-3)9-4/h6-7,10-13H,1-2,8-9H2,3-5H3/b18-12-. The van der Waals surface area contributed by atoms with Crippen molar-refractivity contribution in [2.75, 3.05) is 0 Å². The highest BCUT2D eigenvalue weighted by molar-refractivity contribution is 5.76. The van der Waals surface area contributed by atoms with Crippen molar-refractivity contribution in [2.24, 2.45) is 4.99 Å². The van der Waals surface area contributed by atoms with E-state index in [1.165, 1.54) is 5.56 Å². The molecule has 0 aliphatic rings. The molecule has 0 aliphatic heterocycles. The van der Waals surface area contributed by atoms with Gasteiger partial charge in [0.2, 0.25) is 0 Å². The van der Waals surface area contributed by atoms with E-state index in [2.05, 4.69) is 57.1 Å². The molecule has 0 bridgehead atoms. The summed E-state index contributed by atoms with van der Waals surface area (Å²) in [6, 6.07) is 6.45. The predicted octanol–water partition coefficient (Wildman–Crippen LogP) is 5.30. The van der Waals surface area contributed by atoms with Gasteiger partial charge in [-0.3, -0.25) is 4.99 Å². The molecule has 18 heavy (non-hydrogen) atoms. The summed E-state index contributed by atoms with van der Waals surface area (Å²) < 4.78 is 0. The summed E-state index contributed by atoms with van der Waals surface area (Å²) in [5.74, 6) is 0. The average Bonchev–Trinajstić information content (AvgIpc) is 2.43. The number of benzene rings is 1. The number of rotatable bonds is 6. The third kappa shape index (κ3) is 2.98. The first-order valence-electron chi connectivity index (χ1n) is 6.53. The van der Waals surface area contributed by atoms with Crippen LogP contribution < -0.4 is 0 Å². The normalized spacial score (nSPS) is 11.7. The Morgan fingerprint density at radius 1 is 1.22 bits per heavy atom. The Bertz CT molecular complexity index is 451. The molecular weight excluding hydrogens is 218 g/mol. The van der Waals surface area contributed by atoms with Gasteiger partial charge in [-0.25, -0.2) is 0 Å². The minimum Gasteiger partial charge on any atom is -0.256 e. The number of hydrogen-bond donors (Lipinski definition) is 0. The molecule has 0 fully saturated rings. The van der Waals surface area contributed by atoms with Crippen LogP contribution >= 0.6 is 0 Å². The van der Waals surface area contributed by atoms with Crippen LogP contribution in [-0.2, 0) is 5.41 Å². The highest BCUT2D eigenvalue weighted by Gasteiger charge is 2.22. The molecule has 0 unspecified atom stereocenters. The number of aliphatic imine (C=N–C) groups is 1. The van der Waals surface area contributed by atoms with Gasteiger partial charge in [0.15, 0.2) is 0 Å². The van der Waals surface area contributed by atoms with Gasteiger partial charge < -0.3 is 0 Å². The molecule has 0 aromatic heterocycles. The molecule has 0 saturated carbocycles. The molecule has 0 spiro atoms. The Kier molecular flexibility index (Phi) is 5.08. The first kappa shape index (κ1) is 14.4. The van der Waals surface area contributed by atoms with Crippen molar-refractivity contribution in [3.8, 4) is 0 Å². The third-order valence-corrected chi connectivity index (χ3v) is 3.82. The van der Waals surface area contributed by atoms with Crippen molar-refractivity contribution < 1.29 is 0 Å². The molecule has 1 aromatic rings. The zero-order valence-electron chi connectivity index (χ0n) is 11.7. The van der Waals surface area contributed by atoms with E-state index in [9.17, 15) is 0 Å². The monoisotopic (exact) mass is 241 g/mol. The van der Waals surface area contributed by atoms with Gasteiger partial charge in [-0.05, 0) is 41.5 Å². The molecule has 0 heterocycles. The Labute approximate surface area is 111 Å². The van der Waals surface area contributed by atoms with Gasteiger partial charge in [0.1, 0.15) is 0 Å². The number of nitrogens with zero attached hydrogens (tertiary/aromatic N) is 1. The molecule has 0 saturated heterocycles. The smallest absolute Gasteiger partial charge is 0.0701 e. The van der Waals surface area contributed by atoms with E-state index in [4.69, 9.17) is 0 Å². The molecule has 0 N–H and O–H groups in total. The van der Waals surface area contributed by atoms with E-state index in [1.54, 1.807) is 12.3 Å². The summed E-state index contributed by atoms with van der Waals surface area (Å²) in [4.78, 5) is 4.36. The topological polar surface area (TPSA) is 12.4 Å². The lowest BCUT2D eigenvalue weighted by molar-refractivity contribution is 0.439. The van der Waals surface area contributed by atoms with Crippen LogP contribution in [0.3, 0.4) is 0 Å². The van der Waals surface area contributed by atoms with E-state index < -0.39 is 0 Å². The summed E-state index contributed by atoms with van der Waals surface area (Å²) in [6.45, 7) is 14.3. The molecule has 0 radical (unpaired) electrons. The highest BCUT2D eigenvalue weighted by Crippen LogP contribution is 2.34. The molecule has 0 atom stereocenters. The van der Waals surface area contributed by atoms with Gasteiger partial charge in [-0.1, -0.05) is 52.1 Å². The maximum absolute atomic E-state index is 4.36. The summed E-state index contributed by atoms with van der Waals surface area (Å²) >= 11 is 0. The molecule has 0 aliphatic carbocycles. The lowest BCUT2D eigenvalue weighted by atomic mass is 9.77. The van der Waals surface area contributed by atoms with Crippen LogP contribution in [0.2, 0.25) is 0 Å². The van der Waals surface area contributed by atoms with Crippen molar-refractivity contribution in [3.05, 3.63) is 48.6 Å². The van der Waals surface area contributed by atoms with Crippen LogP contribution in [0.4, 0.5) is 5.69 Å². The zero-order valence-corrected chi connectivity index (χ0v) is 11.7. The predicted molar refractivity (Wildman–Crippen MR) is 82.8 cm³/mol. The Hall–Kier alpha value is -1.63. The van der Waals surface area contributed by atoms with E-state index in [0.29, 0.717) is 0 Å². The lowest BCUT2D eigenvalue weighted by Crippen LogP contribution is -2.19. The van der Waals surface area contributed by atoms with Crippen LogP contribution in [0, 0.1) is 0 Å². The molecule has 1 aromatic carbocycles. The van der Waals surface area contributed by atoms with Gasteiger partial charge >= 0.3 is 0 Å². The fourth-order valence-electron chi connectivity index (χ4n) is 2.00. The molecule has 96 valence electrons. The Morgan fingerprint density at radius 2 is 1.89 bits per heavy atom. The largest absolute Gasteiger partial charge is 0.256 e.